The van der Waals surface area contributed by atoms with Gasteiger partial charge in [-0.3, -0.25) is 4.79 Å². The van der Waals surface area contributed by atoms with Gasteiger partial charge < -0.3 is 15.5 Å². The smallest absolute Gasteiger partial charge is 0.275 e. The van der Waals surface area contributed by atoms with E-state index >= 15 is 4.39 Å². The molecule has 34 heavy (non-hydrogen) atoms. The maximum Gasteiger partial charge on any atom is 0.275 e. The van der Waals surface area contributed by atoms with Crippen LogP contribution in [0.1, 0.15) is 41.4 Å². The van der Waals surface area contributed by atoms with Crippen LogP contribution >= 0.6 is 0 Å². The number of anilines is 1. The lowest BCUT2D eigenvalue weighted by molar-refractivity contribution is 0.102. The summed E-state index contributed by atoms with van der Waals surface area (Å²) in [4.78, 5) is 21.5. The van der Waals surface area contributed by atoms with E-state index in [1.807, 2.05) is 6.07 Å². The summed E-state index contributed by atoms with van der Waals surface area (Å²) in [5.74, 6) is -1.43. The number of aliphatic imine (C=N–C) groups is 1. The highest BCUT2D eigenvalue weighted by atomic mass is 32.2. The van der Waals surface area contributed by atoms with E-state index in [0.717, 1.165) is 10.4 Å². The van der Waals surface area contributed by atoms with Gasteiger partial charge >= 0.3 is 0 Å². The van der Waals surface area contributed by atoms with Crippen molar-refractivity contribution in [3.05, 3.63) is 65.4 Å². The number of nitrogens with two attached hydrogens (primary N) is 1. The van der Waals surface area contributed by atoms with Gasteiger partial charge in [0.25, 0.3) is 5.91 Å². The summed E-state index contributed by atoms with van der Waals surface area (Å²) in [6.07, 6.45) is 3.75. The molecule has 1 saturated carbocycles. The summed E-state index contributed by atoms with van der Waals surface area (Å²) in [7, 11) is -2.53. The molecule has 1 spiro atoms. The minimum Gasteiger partial charge on any atom is -0.369 e. The van der Waals surface area contributed by atoms with Crippen LogP contribution in [0.5, 0.6) is 0 Å². The first-order chi connectivity index (χ1) is 16.0. The van der Waals surface area contributed by atoms with Gasteiger partial charge in [0.1, 0.15) is 27.4 Å². The number of carbonyl (C=O) groups excluding carboxylic acids is 1. The van der Waals surface area contributed by atoms with Crippen LogP contribution in [0, 0.1) is 17.1 Å². The number of nitrogens with one attached hydrogen (secondary N) is 1. The highest BCUT2D eigenvalue weighted by Crippen LogP contribution is 2.60. The average Bonchev–Trinajstić information content (AvgIpc) is 3.53. The fraction of sp³-hybridized carbons (Fsp3) is 0.273. The van der Waals surface area contributed by atoms with E-state index in [1.54, 1.807) is 29.7 Å². The Bertz CT molecular complexity index is 1550. The van der Waals surface area contributed by atoms with E-state index in [4.69, 9.17) is 11.0 Å². The largest absolute Gasteiger partial charge is 0.369 e. The molecule has 1 fully saturated rings. The Morgan fingerprint density at radius 2 is 2.03 bits per heavy atom. The molecule has 1 atom stereocenters. The summed E-state index contributed by atoms with van der Waals surface area (Å²) in [6, 6.07) is 9.07. The number of hydrogen-bond donors (Lipinski definition) is 2. The third kappa shape index (κ3) is 2.90. The molecule has 5 rings (SSSR count). The zero-order valence-electron chi connectivity index (χ0n) is 18.3. The molecule has 2 aromatic heterocycles. The number of sulfonamides is 1. The van der Waals surface area contributed by atoms with Crippen LogP contribution in [0.4, 0.5) is 10.1 Å². The highest BCUT2D eigenvalue weighted by Gasteiger charge is 2.70. The Morgan fingerprint density at radius 3 is 2.71 bits per heavy atom. The first-order valence-electron chi connectivity index (χ1n) is 10.4. The van der Waals surface area contributed by atoms with Gasteiger partial charge in [0.2, 0.25) is 16.0 Å². The van der Waals surface area contributed by atoms with Gasteiger partial charge in [0, 0.05) is 30.7 Å². The number of nitriles is 1. The van der Waals surface area contributed by atoms with Crippen LogP contribution in [0.25, 0.3) is 5.65 Å². The fourth-order valence-electron chi connectivity index (χ4n) is 4.53. The van der Waals surface area contributed by atoms with Crippen LogP contribution in [0.3, 0.4) is 0 Å². The number of benzene rings is 1. The number of imidazole rings is 1. The Kier molecular flexibility index (Phi) is 4.50. The van der Waals surface area contributed by atoms with Gasteiger partial charge in [0.05, 0.1) is 11.6 Å². The standard InChI is InChI=1S/C22H20FN7O3S/c1-21(22(6-7-22)34(32,33)29(2)20(25)28-21)15-10-14(3-4-16(15)23)26-19(31)17-12-30-8-5-13(11-24)9-18(30)27-17/h3-5,8-10,12H,6-7H2,1-2H3,(H2,25,28)(H,26,31)/t21-/m1/s1. The fourth-order valence-corrected chi connectivity index (χ4v) is 6.62. The SMILES string of the molecule is CN1C(N)=N[C@](C)(c2cc(NC(=O)c3cn4ccc(C#N)cc4n3)ccc2F)C2(CC2)S1(=O)=O. The van der Waals surface area contributed by atoms with E-state index in [0.29, 0.717) is 24.1 Å². The molecule has 3 aromatic rings. The number of carbonyl (C=O) groups is 1. The lowest BCUT2D eigenvalue weighted by Crippen LogP contribution is -2.58. The second kappa shape index (κ2) is 7.01. The normalized spacial score (nSPS) is 22.3. The third-order valence-electron chi connectivity index (χ3n) is 6.68. The molecule has 1 aliphatic heterocycles. The van der Waals surface area contributed by atoms with Gasteiger partial charge in [-0.25, -0.2) is 27.1 Å². The Balaban J connectivity index is 1.52. The van der Waals surface area contributed by atoms with Crippen LogP contribution in [0.15, 0.2) is 47.7 Å². The van der Waals surface area contributed by atoms with Crippen molar-refractivity contribution in [2.45, 2.75) is 30.1 Å². The van der Waals surface area contributed by atoms with Crippen molar-refractivity contribution in [2.24, 2.45) is 10.7 Å². The van der Waals surface area contributed by atoms with E-state index < -0.39 is 32.0 Å². The Hall–Kier alpha value is -3.98. The first-order valence-corrected chi connectivity index (χ1v) is 11.8. The minimum atomic E-state index is -3.86. The zero-order chi connectivity index (χ0) is 24.5. The maximum absolute atomic E-state index is 15.0. The van der Waals surface area contributed by atoms with Crippen molar-refractivity contribution < 1.29 is 17.6 Å². The Labute approximate surface area is 194 Å². The van der Waals surface area contributed by atoms with E-state index in [1.165, 1.54) is 25.4 Å². The molecule has 0 unspecified atom stereocenters. The van der Waals surface area contributed by atoms with E-state index in [9.17, 15) is 13.2 Å². The monoisotopic (exact) mass is 481 g/mol. The Morgan fingerprint density at radius 1 is 1.29 bits per heavy atom. The third-order valence-corrected chi connectivity index (χ3v) is 9.38. The van der Waals surface area contributed by atoms with Gasteiger partial charge in [-0.15, -0.1) is 0 Å². The van der Waals surface area contributed by atoms with Crippen molar-refractivity contribution in [3.63, 3.8) is 0 Å². The number of guanidine groups is 1. The second-order valence-electron chi connectivity index (χ2n) is 8.58. The van der Waals surface area contributed by atoms with Crippen molar-refractivity contribution in [2.75, 3.05) is 12.4 Å². The maximum atomic E-state index is 15.0. The molecule has 1 amide bonds. The van der Waals surface area contributed by atoms with Crippen LogP contribution in [-0.4, -0.2) is 45.8 Å². The molecule has 0 bridgehead atoms. The van der Waals surface area contributed by atoms with Crippen LogP contribution in [0.2, 0.25) is 0 Å². The van der Waals surface area contributed by atoms with Gasteiger partial charge in [-0.1, -0.05) is 0 Å². The molecule has 12 heteroatoms. The molecular weight excluding hydrogens is 461 g/mol. The number of hydrogen-bond acceptors (Lipinski definition) is 7. The lowest BCUT2D eigenvalue weighted by atomic mass is 9.86. The quantitative estimate of drug-likeness (QED) is 0.585. The van der Waals surface area contributed by atoms with Crippen molar-refractivity contribution in [1.29, 1.82) is 5.26 Å². The van der Waals surface area contributed by atoms with Gasteiger partial charge in [0.15, 0.2) is 0 Å². The van der Waals surface area contributed by atoms with Crippen LogP contribution in [-0.2, 0) is 15.6 Å². The molecule has 2 aliphatic rings. The van der Waals surface area contributed by atoms with Gasteiger partial charge in [-0.2, -0.15) is 5.26 Å². The zero-order valence-corrected chi connectivity index (χ0v) is 19.1. The summed E-state index contributed by atoms with van der Waals surface area (Å²) in [6.45, 7) is 1.55. The van der Waals surface area contributed by atoms with Crippen molar-refractivity contribution >= 4 is 33.2 Å². The average molecular weight is 482 g/mol. The van der Waals surface area contributed by atoms with Crippen molar-refractivity contribution in [1.82, 2.24) is 13.7 Å². The van der Waals surface area contributed by atoms with E-state index in [-0.39, 0.29) is 22.9 Å². The highest BCUT2D eigenvalue weighted by molar-refractivity contribution is 7.91. The molecule has 0 saturated heterocycles. The summed E-state index contributed by atoms with van der Waals surface area (Å²) < 4.78 is 42.5. The number of pyridine rings is 1. The molecule has 3 heterocycles. The number of aromatic nitrogens is 2. The predicted octanol–water partition coefficient (Wildman–Crippen LogP) is 1.94. The summed E-state index contributed by atoms with van der Waals surface area (Å²) in [5, 5.41) is 11.7. The predicted molar refractivity (Wildman–Crippen MR) is 122 cm³/mol. The van der Waals surface area contributed by atoms with E-state index in [2.05, 4.69) is 15.3 Å². The molecular formula is C22H20FN7O3S. The van der Waals surface area contributed by atoms with Gasteiger partial charge in [-0.05, 0) is 50.1 Å². The molecule has 174 valence electrons. The summed E-state index contributed by atoms with van der Waals surface area (Å²) in [5.41, 5.74) is 5.62. The minimum absolute atomic E-state index is 0.0242. The molecule has 1 aliphatic carbocycles. The number of amides is 1. The van der Waals surface area contributed by atoms with Crippen LogP contribution < -0.4 is 11.1 Å². The topological polar surface area (TPSA) is 146 Å². The summed E-state index contributed by atoms with van der Waals surface area (Å²) >= 11 is 0. The number of nitrogens with zero attached hydrogens (tertiary/aromatic N) is 5. The lowest BCUT2D eigenvalue weighted by Gasteiger charge is -2.42. The van der Waals surface area contributed by atoms with Crippen molar-refractivity contribution in [3.8, 4) is 6.07 Å². The second-order valence-corrected chi connectivity index (χ2v) is 10.9. The first kappa shape index (κ1) is 21.8. The molecule has 0 radical (unpaired) electrons. The number of fused-ring (bicyclic) bond motifs is 1. The molecule has 1 aromatic carbocycles. The number of rotatable bonds is 3. The molecule has 10 nitrogen and oxygen atoms in total. The number of halogens is 1. The molecule has 3 N–H and O–H groups in total.